The molecule has 0 heterocycles. The van der Waals surface area contributed by atoms with Gasteiger partial charge in [-0.2, -0.15) is 13.2 Å². The maximum absolute atomic E-state index is 12.1. The molecule has 1 aromatic rings. The first-order valence-corrected chi connectivity index (χ1v) is 7.89. The SMILES string of the molecule is CS(=O)(=O)NC(=N)NC(=O)c1ccc(CCC(F)(F)F)cc1. The van der Waals surface area contributed by atoms with E-state index in [-0.39, 0.29) is 12.0 Å². The molecule has 1 aromatic carbocycles. The topological polar surface area (TPSA) is 99.1 Å². The molecule has 10 heteroatoms. The Morgan fingerprint density at radius 2 is 1.77 bits per heavy atom. The van der Waals surface area contributed by atoms with Gasteiger partial charge >= 0.3 is 6.18 Å². The van der Waals surface area contributed by atoms with Gasteiger partial charge in [0.2, 0.25) is 16.0 Å². The summed E-state index contributed by atoms with van der Waals surface area (Å²) >= 11 is 0. The maximum Gasteiger partial charge on any atom is 0.389 e. The van der Waals surface area contributed by atoms with E-state index >= 15 is 0 Å². The van der Waals surface area contributed by atoms with Crippen LogP contribution in [-0.4, -0.2) is 32.7 Å². The molecular formula is C12H14F3N3O3S. The highest BCUT2D eigenvalue weighted by atomic mass is 32.2. The molecule has 0 spiro atoms. The lowest BCUT2D eigenvalue weighted by Gasteiger charge is -2.09. The molecule has 0 unspecified atom stereocenters. The number of sulfonamides is 1. The van der Waals surface area contributed by atoms with Crippen LogP contribution in [0.25, 0.3) is 0 Å². The molecule has 1 amide bonds. The minimum absolute atomic E-state index is 0.0933. The lowest BCUT2D eigenvalue weighted by Crippen LogP contribution is -2.42. The predicted molar refractivity (Wildman–Crippen MR) is 74.0 cm³/mol. The predicted octanol–water partition coefficient (Wildman–Crippen LogP) is 1.40. The normalized spacial score (nSPS) is 11.8. The van der Waals surface area contributed by atoms with Gasteiger partial charge < -0.3 is 0 Å². The molecule has 0 aliphatic carbocycles. The standard InChI is InChI=1S/C12H14F3N3O3S/c1-22(20,21)18-11(16)17-10(19)9-4-2-8(3-5-9)6-7-12(13,14)15/h2-5H,6-7H2,1H3,(H3,16,17,18,19). The smallest absolute Gasteiger partial charge is 0.292 e. The Morgan fingerprint density at radius 3 is 2.23 bits per heavy atom. The summed E-state index contributed by atoms with van der Waals surface area (Å²) in [4.78, 5) is 11.7. The highest BCUT2D eigenvalue weighted by Gasteiger charge is 2.26. The highest BCUT2D eigenvalue weighted by molar-refractivity contribution is 7.89. The molecule has 0 fully saturated rings. The van der Waals surface area contributed by atoms with Gasteiger partial charge in [-0.25, -0.2) is 8.42 Å². The van der Waals surface area contributed by atoms with Crippen LogP contribution in [0.5, 0.6) is 0 Å². The third kappa shape index (κ3) is 7.07. The Balaban J connectivity index is 2.62. The average Bonchev–Trinajstić information content (AvgIpc) is 2.33. The van der Waals surface area contributed by atoms with Crippen LogP contribution < -0.4 is 10.0 Å². The monoisotopic (exact) mass is 337 g/mol. The number of nitrogens with one attached hydrogen (secondary N) is 3. The zero-order valence-corrected chi connectivity index (χ0v) is 12.3. The van der Waals surface area contributed by atoms with Crippen LogP contribution in [0.4, 0.5) is 13.2 Å². The van der Waals surface area contributed by atoms with E-state index in [0.29, 0.717) is 5.56 Å². The highest BCUT2D eigenvalue weighted by Crippen LogP contribution is 2.22. The van der Waals surface area contributed by atoms with E-state index in [0.717, 1.165) is 6.26 Å². The van der Waals surface area contributed by atoms with Crippen molar-refractivity contribution in [2.75, 3.05) is 6.26 Å². The molecule has 6 nitrogen and oxygen atoms in total. The molecule has 0 aliphatic rings. The third-order valence-corrected chi connectivity index (χ3v) is 3.01. The second-order valence-corrected chi connectivity index (χ2v) is 6.26. The van der Waals surface area contributed by atoms with Gasteiger partial charge in [0.15, 0.2) is 0 Å². The number of rotatable bonds is 4. The van der Waals surface area contributed by atoms with E-state index in [2.05, 4.69) is 0 Å². The fraction of sp³-hybridized carbons (Fsp3) is 0.333. The van der Waals surface area contributed by atoms with Gasteiger partial charge in [-0.15, -0.1) is 0 Å². The Morgan fingerprint density at radius 1 is 1.23 bits per heavy atom. The van der Waals surface area contributed by atoms with Crippen LogP contribution in [0, 0.1) is 5.41 Å². The van der Waals surface area contributed by atoms with Gasteiger partial charge in [-0.3, -0.25) is 20.2 Å². The van der Waals surface area contributed by atoms with Crippen molar-refractivity contribution in [1.29, 1.82) is 5.41 Å². The van der Waals surface area contributed by atoms with Gasteiger partial charge in [0, 0.05) is 12.0 Å². The van der Waals surface area contributed by atoms with Crippen molar-refractivity contribution in [2.24, 2.45) is 0 Å². The fourth-order valence-electron chi connectivity index (χ4n) is 1.51. The number of guanidine groups is 1. The summed E-state index contributed by atoms with van der Waals surface area (Å²) in [6.45, 7) is 0. The van der Waals surface area contributed by atoms with Gasteiger partial charge in [0.05, 0.1) is 6.26 Å². The van der Waals surface area contributed by atoms with Crippen molar-refractivity contribution in [1.82, 2.24) is 10.0 Å². The van der Waals surface area contributed by atoms with Crippen LogP contribution in [0.2, 0.25) is 0 Å². The van der Waals surface area contributed by atoms with Crippen molar-refractivity contribution in [3.63, 3.8) is 0 Å². The van der Waals surface area contributed by atoms with E-state index in [4.69, 9.17) is 5.41 Å². The number of hydrogen-bond donors (Lipinski definition) is 3. The number of amides is 1. The quantitative estimate of drug-likeness (QED) is 0.572. The Kier molecular flexibility index (Phi) is 5.53. The van der Waals surface area contributed by atoms with E-state index in [1.165, 1.54) is 24.3 Å². The van der Waals surface area contributed by atoms with E-state index in [1.807, 2.05) is 5.32 Å². The zero-order valence-electron chi connectivity index (χ0n) is 11.5. The first kappa shape index (κ1) is 18.0. The van der Waals surface area contributed by atoms with Crippen LogP contribution in [-0.2, 0) is 16.4 Å². The third-order valence-electron chi connectivity index (χ3n) is 2.44. The second-order valence-electron chi connectivity index (χ2n) is 4.52. The summed E-state index contributed by atoms with van der Waals surface area (Å²) in [5, 5.41) is 9.26. The first-order valence-electron chi connectivity index (χ1n) is 6.00. The lowest BCUT2D eigenvalue weighted by atomic mass is 10.1. The molecule has 1 rings (SSSR count). The summed E-state index contributed by atoms with van der Waals surface area (Å²) in [6.07, 6.45) is -4.58. The molecule has 22 heavy (non-hydrogen) atoms. The summed E-state index contributed by atoms with van der Waals surface area (Å²) in [6, 6.07) is 5.34. The second kappa shape index (κ2) is 6.77. The average molecular weight is 337 g/mol. The molecule has 0 bridgehead atoms. The maximum atomic E-state index is 12.1. The molecule has 0 radical (unpaired) electrons. The number of carbonyl (C=O) groups excluding carboxylic acids is 1. The fourth-order valence-corrected chi connectivity index (χ4v) is 1.93. The minimum Gasteiger partial charge on any atom is -0.292 e. The summed E-state index contributed by atoms with van der Waals surface area (Å²) in [5.74, 6) is -1.46. The first-order chi connectivity index (χ1) is 9.96. The summed E-state index contributed by atoms with van der Waals surface area (Å²) < 4.78 is 59.7. The van der Waals surface area contributed by atoms with Crippen molar-refractivity contribution in [3.8, 4) is 0 Å². The number of carbonyl (C=O) groups is 1. The van der Waals surface area contributed by atoms with Gasteiger partial charge in [0.1, 0.15) is 0 Å². The van der Waals surface area contributed by atoms with Crippen LogP contribution in [0.1, 0.15) is 22.3 Å². The Labute approximate surface area is 125 Å². The largest absolute Gasteiger partial charge is 0.389 e. The molecular weight excluding hydrogens is 323 g/mol. The number of aryl methyl sites for hydroxylation is 1. The number of benzene rings is 1. The summed E-state index contributed by atoms with van der Waals surface area (Å²) in [7, 11) is -3.68. The Bertz CT molecular complexity index is 654. The van der Waals surface area contributed by atoms with Gasteiger partial charge in [-0.05, 0) is 24.1 Å². The number of halogens is 3. The number of alkyl halides is 3. The Hall–Kier alpha value is -2.10. The zero-order chi connectivity index (χ0) is 17.0. The molecule has 0 saturated carbocycles. The lowest BCUT2D eigenvalue weighted by molar-refractivity contribution is -0.134. The van der Waals surface area contributed by atoms with E-state index < -0.39 is 34.5 Å². The van der Waals surface area contributed by atoms with Crippen molar-refractivity contribution < 1.29 is 26.4 Å². The molecule has 122 valence electrons. The molecule has 0 atom stereocenters. The molecule has 0 aromatic heterocycles. The van der Waals surface area contributed by atoms with E-state index in [9.17, 15) is 26.4 Å². The molecule has 0 saturated heterocycles. The minimum atomic E-state index is -4.25. The molecule has 0 aliphatic heterocycles. The van der Waals surface area contributed by atoms with E-state index in [1.54, 1.807) is 4.72 Å². The van der Waals surface area contributed by atoms with Crippen molar-refractivity contribution >= 4 is 21.9 Å². The molecule has 3 N–H and O–H groups in total. The van der Waals surface area contributed by atoms with Crippen LogP contribution in [0.15, 0.2) is 24.3 Å². The summed E-state index contributed by atoms with van der Waals surface area (Å²) in [5.41, 5.74) is 0.508. The number of hydrogen-bond acceptors (Lipinski definition) is 4. The van der Waals surface area contributed by atoms with Crippen LogP contribution in [0.3, 0.4) is 0 Å². The van der Waals surface area contributed by atoms with Crippen molar-refractivity contribution in [2.45, 2.75) is 19.0 Å². The van der Waals surface area contributed by atoms with Crippen LogP contribution >= 0.6 is 0 Å². The van der Waals surface area contributed by atoms with Gasteiger partial charge in [0.25, 0.3) is 5.91 Å². The van der Waals surface area contributed by atoms with Gasteiger partial charge in [-0.1, -0.05) is 12.1 Å². The van der Waals surface area contributed by atoms with Crippen molar-refractivity contribution in [3.05, 3.63) is 35.4 Å².